The second-order valence-electron chi connectivity index (χ2n) is 6.53. The van der Waals surface area contributed by atoms with Crippen LogP contribution in [0.15, 0.2) is 24.3 Å². The van der Waals surface area contributed by atoms with Gasteiger partial charge in [0.05, 0.1) is 5.56 Å². The summed E-state index contributed by atoms with van der Waals surface area (Å²) >= 11 is 1.37. The monoisotopic (exact) mass is 384 g/mol. The Morgan fingerprint density at radius 1 is 1.15 bits per heavy atom. The Balaban J connectivity index is 1.59. The molecule has 1 aromatic carbocycles. The first-order valence-corrected chi connectivity index (χ1v) is 9.75. The lowest BCUT2D eigenvalue weighted by Gasteiger charge is -2.32. The van der Waals surface area contributed by atoms with Gasteiger partial charge in [0.2, 0.25) is 11.1 Å². The summed E-state index contributed by atoms with van der Waals surface area (Å²) in [4.78, 5) is 6.89. The molecule has 0 spiro atoms. The van der Waals surface area contributed by atoms with Crippen LogP contribution in [0.2, 0.25) is 0 Å². The van der Waals surface area contributed by atoms with Gasteiger partial charge in [-0.15, -0.1) is 0 Å². The largest absolute Gasteiger partial charge is 0.416 e. The molecule has 1 N–H and O–H groups in total. The third-order valence-electron chi connectivity index (χ3n) is 4.75. The highest BCUT2D eigenvalue weighted by Crippen LogP contribution is 2.30. The van der Waals surface area contributed by atoms with Crippen molar-refractivity contribution in [3.05, 3.63) is 35.4 Å². The van der Waals surface area contributed by atoms with Crippen molar-refractivity contribution in [2.45, 2.75) is 57.8 Å². The minimum atomic E-state index is -4.31. The standard InChI is InChI=1S/C18H23F3N4S/c1-2-25(15-6-4-3-5-7-15)17-23-16(24-26-17)22-12-13-8-10-14(11-9-13)18(19,20)21/h8-11,15H,2-7,12H2,1H3,(H,22,24). The topological polar surface area (TPSA) is 41.1 Å². The van der Waals surface area contributed by atoms with Crippen LogP contribution < -0.4 is 10.2 Å². The van der Waals surface area contributed by atoms with Crippen molar-refractivity contribution in [2.75, 3.05) is 16.8 Å². The van der Waals surface area contributed by atoms with Crippen LogP contribution in [-0.4, -0.2) is 21.9 Å². The molecule has 1 fully saturated rings. The van der Waals surface area contributed by atoms with Crippen LogP contribution in [0.5, 0.6) is 0 Å². The lowest BCUT2D eigenvalue weighted by molar-refractivity contribution is -0.137. The van der Waals surface area contributed by atoms with Crippen molar-refractivity contribution < 1.29 is 13.2 Å². The average molecular weight is 384 g/mol. The lowest BCUT2D eigenvalue weighted by atomic mass is 9.94. The van der Waals surface area contributed by atoms with Gasteiger partial charge in [0, 0.05) is 30.7 Å². The van der Waals surface area contributed by atoms with E-state index in [1.165, 1.54) is 55.8 Å². The summed E-state index contributed by atoms with van der Waals surface area (Å²) in [5.74, 6) is 0.527. The summed E-state index contributed by atoms with van der Waals surface area (Å²) in [6.45, 7) is 3.42. The normalized spacial score (nSPS) is 15.8. The minimum absolute atomic E-state index is 0.393. The summed E-state index contributed by atoms with van der Waals surface area (Å²) in [5.41, 5.74) is 0.121. The van der Waals surface area contributed by atoms with Crippen molar-refractivity contribution in [2.24, 2.45) is 0 Å². The molecular weight excluding hydrogens is 361 g/mol. The number of rotatable bonds is 6. The fourth-order valence-electron chi connectivity index (χ4n) is 3.34. The third kappa shape index (κ3) is 4.66. The van der Waals surface area contributed by atoms with Crippen molar-refractivity contribution in [3.63, 3.8) is 0 Å². The average Bonchev–Trinajstić information content (AvgIpc) is 3.10. The predicted molar refractivity (Wildman–Crippen MR) is 98.6 cm³/mol. The van der Waals surface area contributed by atoms with Crippen molar-refractivity contribution in [3.8, 4) is 0 Å². The summed E-state index contributed by atoms with van der Waals surface area (Å²) in [6, 6.07) is 5.68. The van der Waals surface area contributed by atoms with Crippen LogP contribution in [0.25, 0.3) is 0 Å². The Labute approximate surface area is 155 Å². The summed E-state index contributed by atoms with van der Waals surface area (Å²) in [7, 11) is 0. The second-order valence-corrected chi connectivity index (χ2v) is 7.26. The van der Waals surface area contributed by atoms with E-state index in [9.17, 15) is 13.2 Å². The molecule has 1 aromatic heterocycles. The fraction of sp³-hybridized carbons (Fsp3) is 0.556. The van der Waals surface area contributed by atoms with Crippen LogP contribution in [0.1, 0.15) is 50.2 Å². The molecule has 8 heteroatoms. The highest BCUT2D eigenvalue weighted by atomic mass is 32.1. The molecule has 142 valence electrons. The lowest BCUT2D eigenvalue weighted by Crippen LogP contribution is -2.36. The first kappa shape index (κ1) is 18.9. The van der Waals surface area contributed by atoms with Gasteiger partial charge >= 0.3 is 6.18 Å². The van der Waals surface area contributed by atoms with E-state index in [0.29, 0.717) is 18.5 Å². The molecule has 0 unspecified atom stereocenters. The van der Waals surface area contributed by atoms with E-state index in [2.05, 4.69) is 26.5 Å². The summed E-state index contributed by atoms with van der Waals surface area (Å²) in [6.07, 6.45) is 1.92. The predicted octanol–water partition coefficient (Wildman–Crippen LogP) is 5.33. The number of halogens is 3. The van der Waals surface area contributed by atoms with E-state index in [0.717, 1.165) is 29.4 Å². The minimum Gasteiger partial charge on any atom is -0.349 e. The molecule has 3 rings (SSSR count). The number of benzene rings is 1. The zero-order valence-electron chi connectivity index (χ0n) is 14.7. The summed E-state index contributed by atoms with van der Waals surface area (Å²) in [5, 5.41) is 4.01. The van der Waals surface area contributed by atoms with E-state index >= 15 is 0 Å². The number of nitrogens with one attached hydrogen (secondary N) is 1. The van der Waals surface area contributed by atoms with E-state index in [-0.39, 0.29) is 0 Å². The molecule has 1 saturated carbocycles. The Kier molecular flexibility index (Phi) is 6.01. The Morgan fingerprint density at radius 2 is 1.85 bits per heavy atom. The Hall–Kier alpha value is -1.83. The quantitative estimate of drug-likeness (QED) is 0.731. The molecule has 0 radical (unpaired) electrons. The van der Waals surface area contributed by atoms with Crippen LogP contribution in [-0.2, 0) is 12.7 Å². The van der Waals surface area contributed by atoms with Gasteiger partial charge in [-0.1, -0.05) is 31.4 Å². The van der Waals surface area contributed by atoms with Crippen molar-refractivity contribution in [1.82, 2.24) is 9.36 Å². The van der Waals surface area contributed by atoms with Crippen molar-refractivity contribution in [1.29, 1.82) is 0 Å². The molecule has 1 heterocycles. The van der Waals surface area contributed by atoms with Gasteiger partial charge in [-0.3, -0.25) is 0 Å². The first-order chi connectivity index (χ1) is 12.5. The highest BCUT2D eigenvalue weighted by molar-refractivity contribution is 7.09. The number of alkyl halides is 3. The van der Waals surface area contributed by atoms with Crippen LogP contribution >= 0.6 is 11.5 Å². The maximum absolute atomic E-state index is 12.6. The molecule has 2 aromatic rings. The van der Waals surface area contributed by atoms with Crippen LogP contribution in [0, 0.1) is 0 Å². The van der Waals surface area contributed by atoms with Gasteiger partial charge in [0.25, 0.3) is 0 Å². The zero-order chi connectivity index (χ0) is 18.6. The SMILES string of the molecule is CCN(c1nc(NCc2ccc(C(F)(F)F)cc2)ns1)C1CCCCC1. The van der Waals surface area contributed by atoms with Crippen LogP contribution in [0.4, 0.5) is 24.3 Å². The van der Waals surface area contributed by atoms with Gasteiger partial charge in [-0.25, -0.2) is 0 Å². The molecule has 1 aliphatic carbocycles. The number of hydrogen-bond donors (Lipinski definition) is 1. The number of nitrogens with zero attached hydrogens (tertiary/aromatic N) is 3. The van der Waals surface area contributed by atoms with Gasteiger partial charge in [-0.2, -0.15) is 22.5 Å². The van der Waals surface area contributed by atoms with E-state index in [4.69, 9.17) is 0 Å². The van der Waals surface area contributed by atoms with Gasteiger partial charge < -0.3 is 10.2 Å². The molecular formula is C18H23F3N4S. The van der Waals surface area contributed by atoms with E-state index < -0.39 is 11.7 Å². The maximum Gasteiger partial charge on any atom is 0.416 e. The highest BCUT2D eigenvalue weighted by Gasteiger charge is 2.30. The Bertz CT molecular complexity index is 693. The van der Waals surface area contributed by atoms with E-state index in [1.807, 2.05) is 0 Å². The number of anilines is 2. The number of hydrogen-bond acceptors (Lipinski definition) is 5. The molecule has 0 aliphatic heterocycles. The van der Waals surface area contributed by atoms with Gasteiger partial charge in [-0.05, 0) is 37.5 Å². The second kappa shape index (κ2) is 8.24. The smallest absolute Gasteiger partial charge is 0.349 e. The molecule has 26 heavy (non-hydrogen) atoms. The first-order valence-electron chi connectivity index (χ1n) is 8.97. The molecule has 4 nitrogen and oxygen atoms in total. The van der Waals surface area contributed by atoms with Crippen LogP contribution in [0.3, 0.4) is 0 Å². The Morgan fingerprint density at radius 3 is 2.46 bits per heavy atom. The molecule has 0 amide bonds. The molecule has 0 saturated heterocycles. The number of aromatic nitrogens is 2. The van der Waals surface area contributed by atoms with Gasteiger partial charge in [0.1, 0.15) is 0 Å². The third-order valence-corrected chi connectivity index (χ3v) is 5.50. The molecule has 1 aliphatic rings. The molecule has 0 bridgehead atoms. The van der Waals surface area contributed by atoms with Crippen molar-refractivity contribution >= 4 is 22.6 Å². The van der Waals surface area contributed by atoms with E-state index in [1.54, 1.807) is 0 Å². The maximum atomic E-state index is 12.6. The summed E-state index contributed by atoms with van der Waals surface area (Å²) < 4.78 is 42.1. The fourth-order valence-corrected chi connectivity index (χ4v) is 4.12. The van der Waals surface area contributed by atoms with Gasteiger partial charge in [0.15, 0.2) is 0 Å². The zero-order valence-corrected chi connectivity index (χ0v) is 15.5. The molecule has 0 atom stereocenters.